The highest BCUT2D eigenvalue weighted by atomic mass is 15.2. The van der Waals surface area contributed by atoms with Gasteiger partial charge in [-0.05, 0) is 316 Å². The van der Waals surface area contributed by atoms with Crippen molar-refractivity contribution in [2.45, 2.75) is 78.1 Å². The van der Waals surface area contributed by atoms with Crippen LogP contribution in [0, 0.1) is 0 Å². The van der Waals surface area contributed by atoms with Crippen LogP contribution < -0.4 is 19.6 Å². The molecule has 144 heavy (non-hydrogen) atoms. The quantitative estimate of drug-likeness (QED) is 0.0665. The second-order valence-electron chi connectivity index (χ2n) is 41.2. The number of benzene rings is 24. The highest BCUT2D eigenvalue weighted by Gasteiger charge is 2.31. The van der Waals surface area contributed by atoms with Crippen LogP contribution in [0.4, 0.5) is 68.2 Å². The Morgan fingerprint density at radius 3 is 0.653 bits per heavy atom. The van der Waals surface area contributed by atoms with Crippen LogP contribution in [0.3, 0.4) is 0 Å². The van der Waals surface area contributed by atoms with E-state index >= 15 is 0 Å². The molecule has 4 heteroatoms. The zero-order valence-corrected chi connectivity index (χ0v) is 82.5. The van der Waals surface area contributed by atoms with E-state index in [1.165, 1.54) is 131 Å². The fourth-order valence-electron chi connectivity index (χ4n) is 22.3. The maximum Gasteiger partial charge on any atom is 0.0540 e. The van der Waals surface area contributed by atoms with Gasteiger partial charge in [0.25, 0.3) is 0 Å². The Bertz CT molecular complexity index is 8930. The van der Waals surface area contributed by atoms with Crippen LogP contribution in [-0.4, -0.2) is 0 Å². The predicted molar refractivity (Wildman–Crippen MR) is 618 cm³/mol. The van der Waals surface area contributed by atoms with Crippen LogP contribution in [0.15, 0.2) is 510 Å². The van der Waals surface area contributed by atoms with Crippen LogP contribution in [0.5, 0.6) is 0 Å². The molecule has 0 aromatic heterocycles. The predicted octanol–water partition coefficient (Wildman–Crippen LogP) is 39.9. The molecule has 4 nitrogen and oxygen atoms in total. The molecule has 0 aliphatic rings. The number of anilines is 12. The average Bonchev–Trinajstić information content (AvgIpc) is 0.718. The van der Waals surface area contributed by atoms with Crippen molar-refractivity contribution in [1.29, 1.82) is 0 Å². The summed E-state index contributed by atoms with van der Waals surface area (Å²) in [4.78, 5) is 9.60. The van der Waals surface area contributed by atoms with E-state index in [-0.39, 0.29) is 10.8 Å². The number of fused-ring (bicyclic) bond motifs is 8. The molecular weight excluding hydrogens is 1740 g/mol. The van der Waals surface area contributed by atoms with Gasteiger partial charge in [0.1, 0.15) is 0 Å². The third kappa shape index (κ3) is 16.7. The molecule has 0 fully saturated rings. The van der Waals surface area contributed by atoms with Gasteiger partial charge in [0.05, 0.1) is 22.7 Å². The maximum absolute atomic E-state index is 2.58. The summed E-state index contributed by atoms with van der Waals surface area (Å²) in [7, 11) is 0. The second kappa shape index (κ2) is 37.0. The third-order valence-electron chi connectivity index (χ3n) is 29.6. The number of hydrogen-bond acceptors (Lipinski definition) is 4. The molecule has 24 aromatic rings. The Balaban J connectivity index is 0.664. The fourth-order valence-corrected chi connectivity index (χ4v) is 22.3. The molecule has 0 saturated heterocycles. The number of hydrogen-bond donors (Lipinski definition) is 0. The molecule has 0 radical (unpaired) electrons. The van der Waals surface area contributed by atoms with Gasteiger partial charge in [-0.1, -0.05) is 425 Å². The molecule has 0 saturated carbocycles. The van der Waals surface area contributed by atoms with E-state index in [0.717, 1.165) is 119 Å². The van der Waals surface area contributed by atoms with E-state index in [1.807, 2.05) is 0 Å². The van der Waals surface area contributed by atoms with E-state index in [4.69, 9.17) is 0 Å². The fraction of sp³-hybridized carbons (Fsp3) is 0.0857. The topological polar surface area (TPSA) is 13.0 Å². The first-order valence-corrected chi connectivity index (χ1v) is 50.4. The normalized spacial score (nSPS) is 11.9. The summed E-state index contributed by atoms with van der Waals surface area (Å²) in [6.45, 7) is 19.0. The van der Waals surface area contributed by atoms with Gasteiger partial charge in [-0.2, -0.15) is 0 Å². The Morgan fingerprint density at radius 1 is 0.153 bits per heavy atom. The van der Waals surface area contributed by atoms with Crippen molar-refractivity contribution >= 4 is 154 Å². The smallest absolute Gasteiger partial charge is 0.0540 e. The standard InChI is InChI=1S/C140H110N4/c1-138(2,3)107-75-87-124-127(90-107)135(105-70-81-116(82-71-105)143(112-45-17-11-18-46-112)132-55-31-39-101-35-23-27-51-120(101)132)125-88-76-109(92-129(125)136(124)106-72-83-117(84-73-106)144(113-47-19-12-20-48-113)133-56-32-40-102-36-24-28-52-121(102)133)140(7,8)93-94-57-85-122-126(89-94)137(104-64-60-96(61-65-104)98-68-79-115(80-69-98)142(111-43-15-10-16-44-111)131-54-30-38-100-34-22-26-50-119(100)131)128-91-108(139(4,5)6)74-86-123(128)134(122)103-62-58-95(59-63-103)97-66-77-114(78-67-97)141(110-41-13-9-14-42-110)130-53-29-37-99-33-21-25-49-118(99)130/h9-92H,93H2,1-8H3. The van der Waals surface area contributed by atoms with Gasteiger partial charge in [0, 0.05) is 67.0 Å². The molecule has 0 aliphatic heterocycles. The lowest BCUT2D eigenvalue weighted by Gasteiger charge is -2.29. The van der Waals surface area contributed by atoms with Gasteiger partial charge in [-0.25, -0.2) is 0 Å². The molecule has 0 N–H and O–H groups in total. The summed E-state index contributed by atoms with van der Waals surface area (Å²) in [6.07, 6.45) is 0.748. The van der Waals surface area contributed by atoms with Crippen LogP contribution >= 0.6 is 0 Å². The SMILES string of the molecule is CC(C)(C)c1ccc2c(-c3ccc(N(c4ccccc4)c4cccc5ccccc45)cc3)c3cc(C(C)(C)Cc4ccc5c(-c6ccc(-c7ccc(N(c8ccccc8)c8cccc9ccccc89)cc7)cc6)c6ccc(C(C)(C)C)cc6c(-c6ccc(-c7ccc(N(c8ccccc8)c8cccc9ccccc89)cc7)cc6)c5c4)ccc3c(-c3ccc(N(c4ccccc4)c4cccc5ccccc45)cc3)c2c1. The minimum atomic E-state index is -0.416. The Hall–Kier alpha value is -17.4. The van der Waals surface area contributed by atoms with Crippen molar-refractivity contribution in [3.63, 3.8) is 0 Å². The van der Waals surface area contributed by atoms with E-state index in [1.54, 1.807) is 0 Å². The lowest BCUT2D eigenvalue weighted by atomic mass is 9.76. The molecule has 24 rings (SSSR count). The lowest BCUT2D eigenvalue weighted by molar-refractivity contribution is 0.523. The monoisotopic (exact) mass is 1850 g/mol. The molecule has 0 aliphatic carbocycles. The Kier molecular flexibility index (Phi) is 22.9. The first-order valence-electron chi connectivity index (χ1n) is 50.4. The molecule has 0 unspecified atom stereocenters. The van der Waals surface area contributed by atoms with E-state index in [9.17, 15) is 0 Å². The largest absolute Gasteiger partial charge is 0.310 e. The summed E-state index contributed by atoms with van der Waals surface area (Å²) in [5, 5.41) is 19.3. The summed E-state index contributed by atoms with van der Waals surface area (Å²) < 4.78 is 0. The molecule has 0 heterocycles. The molecule has 0 atom stereocenters. The molecule has 0 amide bonds. The highest BCUT2D eigenvalue weighted by Crippen LogP contribution is 2.53. The van der Waals surface area contributed by atoms with Gasteiger partial charge in [-0.3, -0.25) is 0 Å². The van der Waals surface area contributed by atoms with Gasteiger partial charge >= 0.3 is 0 Å². The van der Waals surface area contributed by atoms with Crippen molar-refractivity contribution in [2.75, 3.05) is 19.6 Å². The number of para-hydroxylation sites is 4. The first-order chi connectivity index (χ1) is 70.4. The zero-order chi connectivity index (χ0) is 97.3. The van der Waals surface area contributed by atoms with Crippen LogP contribution in [0.25, 0.3) is 153 Å². The summed E-state index contributed by atoms with van der Waals surface area (Å²) in [5.41, 5.74) is 31.7. The third-order valence-corrected chi connectivity index (χ3v) is 29.6. The maximum atomic E-state index is 2.58. The van der Waals surface area contributed by atoms with Crippen LogP contribution in [0.2, 0.25) is 0 Å². The van der Waals surface area contributed by atoms with Crippen molar-refractivity contribution in [3.05, 3.63) is 532 Å². The first kappa shape index (κ1) is 89.2. The van der Waals surface area contributed by atoms with Gasteiger partial charge in [0.2, 0.25) is 0 Å². The van der Waals surface area contributed by atoms with Crippen LogP contribution in [0.1, 0.15) is 77.6 Å². The number of rotatable bonds is 21. The van der Waals surface area contributed by atoms with Crippen LogP contribution in [-0.2, 0) is 22.7 Å². The lowest BCUT2D eigenvalue weighted by Crippen LogP contribution is -2.20. The zero-order valence-electron chi connectivity index (χ0n) is 82.5. The summed E-state index contributed by atoms with van der Waals surface area (Å²) in [6, 6.07) is 190. The van der Waals surface area contributed by atoms with Crippen molar-refractivity contribution in [2.24, 2.45) is 0 Å². The number of nitrogens with zero attached hydrogens (tertiary/aromatic N) is 4. The van der Waals surface area contributed by atoms with Gasteiger partial charge in [0.15, 0.2) is 0 Å². The van der Waals surface area contributed by atoms with Crippen molar-refractivity contribution < 1.29 is 0 Å². The van der Waals surface area contributed by atoms with Gasteiger partial charge < -0.3 is 19.6 Å². The van der Waals surface area contributed by atoms with E-state index in [0.29, 0.717) is 0 Å². The van der Waals surface area contributed by atoms with Gasteiger partial charge in [-0.15, -0.1) is 0 Å². The summed E-state index contributed by atoms with van der Waals surface area (Å²) >= 11 is 0. The Labute approximate surface area is 844 Å². The Morgan fingerprint density at radius 2 is 0.361 bits per heavy atom. The minimum absolute atomic E-state index is 0.149. The van der Waals surface area contributed by atoms with Crippen molar-refractivity contribution in [3.8, 4) is 66.8 Å². The summed E-state index contributed by atoms with van der Waals surface area (Å²) in [5.74, 6) is 0. The molecule has 24 aromatic carbocycles. The average molecular weight is 1850 g/mol. The second-order valence-corrected chi connectivity index (χ2v) is 41.2. The van der Waals surface area contributed by atoms with E-state index in [2.05, 4.69) is 585 Å². The molecular formula is C140H110N4. The molecule has 0 bridgehead atoms. The molecule has 690 valence electrons. The molecule has 0 spiro atoms. The highest BCUT2D eigenvalue weighted by molar-refractivity contribution is 6.24. The van der Waals surface area contributed by atoms with Crippen molar-refractivity contribution in [1.82, 2.24) is 0 Å². The van der Waals surface area contributed by atoms with E-state index < -0.39 is 5.41 Å². The minimum Gasteiger partial charge on any atom is -0.310 e.